The standard InChI is InChI=1S/C62H46BN3O/c1-61(2)45-21-15-27-54-59(45)63(49-23-11-12-24-51(49)64(54)41-17-7-5-8-18-41)50-33-37-29-43-44-30-38-34-56-48(32-40(38)36-58(44)67-57(43)35-39(37)31-47(50)61)62(3,4)46-22-16-28-55-60(46)66(56)53-26-14-13-25-52(53)65(55)42-19-9-6-10-20-42/h5-36,43,57H,1-4H3. The van der Waals surface area contributed by atoms with Gasteiger partial charge in [0.1, 0.15) is 11.9 Å². The van der Waals surface area contributed by atoms with Gasteiger partial charge in [0.25, 0.3) is 0 Å². The van der Waals surface area contributed by atoms with E-state index in [2.05, 4.69) is 237 Å². The summed E-state index contributed by atoms with van der Waals surface area (Å²) in [5, 5.41) is 5.00. The largest absolute Gasteiger partial charge is 0.485 e. The van der Waals surface area contributed by atoms with Crippen LogP contribution in [0.3, 0.4) is 0 Å². The molecule has 0 aromatic heterocycles. The lowest BCUT2D eigenvalue weighted by atomic mass is 9.30. The van der Waals surface area contributed by atoms with Gasteiger partial charge in [0.2, 0.25) is 6.71 Å². The zero-order chi connectivity index (χ0) is 44.5. The zero-order valence-electron chi connectivity index (χ0n) is 38.0. The number of hydrogen-bond donors (Lipinski definition) is 0. The van der Waals surface area contributed by atoms with Crippen LogP contribution in [-0.4, -0.2) is 12.8 Å². The van der Waals surface area contributed by atoms with Crippen molar-refractivity contribution < 1.29 is 4.74 Å². The Morgan fingerprint density at radius 3 is 1.79 bits per heavy atom. The Balaban J connectivity index is 0.885. The molecule has 9 aromatic carbocycles. The summed E-state index contributed by atoms with van der Waals surface area (Å²) in [5.74, 6) is 1.09. The number of ether oxygens (including phenoxy) is 1. The average Bonchev–Trinajstić information content (AvgIpc) is 3.70. The second-order valence-corrected chi connectivity index (χ2v) is 20.4. The van der Waals surface area contributed by atoms with Gasteiger partial charge in [0, 0.05) is 45.1 Å². The molecule has 5 heteroatoms. The Kier molecular flexibility index (Phi) is 7.26. The van der Waals surface area contributed by atoms with Gasteiger partial charge in [0.05, 0.1) is 28.4 Å². The molecule has 67 heavy (non-hydrogen) atoms. The van der Waals surface area contributed by atoms with Crippen molar-refractivity contribution in [2.45, 2.75) is 50.5 Å². The molecule has 0 radical (unpaired) electrons. The van der Waals surface area contributed by atoms with E-state index in [9.17, 15) is 0 Å². The van der Waals surface area contributed by atoms with E-state index in [0.717, 1.165) is 11.4 Å². The lowest BCUT2D eigenvalue weighted by Crippen LogP contribution is -2.65. The summed E-state index contributed by atoms with van der Waals surface area (Å²) in [5.41, 5.74) is 21.4. The van der Waals surface area contributed by atoms with Crippen LogP contribution in [0.25, 0.3) is 22.9 Å². The molecule has 4 nitrogen and oxygen atoms in total. The highest BCUT2D eigenvalue weighted by Crippen LogP contribution is 2.62. The summed E-state index contributed by atoms with van der Waals surface area (Å²) in [4.78, 5) is 7.46. The lowest BCUT2D eigenvalue weighted by molar-refractivity contribution is 0.288. The predicted octanol–water partition coefficient (Wildman–Crippen LogP) is 11.8. The number of para-hydroxylation sites is 6. The van der Waals surface area contributed by atoms with Crippen LogP contribution in [0.1, 0.15) is 61.4 Å². The summed E-state index contributed by atoms with van der Waals surface area (Å²) >= 11 is 0. The minimum Gasteiger partial charge on any atom is -0.485 e. The highest BCUT2D eigenvalue weighted by molar-refractivity contribution is 6.99. The highest BCUT2D eigenvalue weighted by atomic mass is 16.5. The third kappa shape index (κ3) is 4.88. The van der Waals surface area contributed by atoms with Crippen LogP contribution in [0.5, 0.6) is 5.75 Å². The van der Waals surface area contributed by atoms with E-state index >= 15 is 0 Å². The maximum atomic E-state index is 7.01. The van der Waals surface area contributed by atoms with Crippen LogP contribution < -0.4 is 46.3 Å². The molecule has 0 fully saturated rings. The molecule has 15 rings (SSSR count). The van der Waals surface area contributed by atoms with Gasteiger partial charge < -0.3 is 19.4 Å². The van der Waals surface area contributed by atoms with Crippen molar-refractivity contribution in [3.8, 4) is 5.75 Å². The SMILES string of the molecule is CC1(C)c2cc3c(cc2B2c4ccccc4N(c4ccccc4)c4cccc1c42)=CC1c2cc4cc5c(cc4cc2OC1C=3)C(C)(C)c1cccc2c1N5c1ccccc1N2c1ccccc1. The molecule has 1 aliphatic carbocycles. The van der Waals surface area contributed by atoms with Gasteiger partial charge >= 0.3 is 0 Å². The van der Waals surface area contributed by atoms with Gasteiger partial charge in [-0.25, -0.2) is 0 Å². The minimum atomic E-state index is -0.247. The fourth-order valence-electron chi connectivity index (χ4n) is 13.1. The molecule has 6 aliphatic rings. The van der Waals surface area contributed by atoms with E-state index in [4.69, 9.17) is 4.74 Å². The second kappa shape index (κ2) is 13.0. The van der Waals surface area contributed by atoms with Gasteiger partial charge in [-0.05, 0) is 139 Å². The molecule has 0 N–H and O–H groups in total. The summed E-state index contributed by atoms with van der Waals surface area (Å²) < 4.78 is 7.01. The van der Waals surface area contributed by atoms with E-state index in [1.807, 2.05) is 0 Å². The summed E-state index contributed by atoms with van der Waals surface area (Å²) in [7, 11) is 0. The van der Waals surface area contributed by atoms with E-state index in [1.165, 1.54) is 111 Å². The number of benzene rings is 9. The molecule has 0 saturated heterocycles. The topological polar surface area (TPSA) is 19.0 Å². The molecule has 5 aliphatic heterocycles. The molecule has 0 saturated carbocycles. The highest BCUT2D eigenvalue weighted by Gasteiger charge is 2.47. The molecule has 5 heterocycles. The summed E-state index contributed by atoms with van der Waals surface area (Å²) in [6.45, 7) is 9.75. The first-order valence-electron chi connectivity index (χ1n) is 23.9. The molecule has 2 atom stereocenters. The fourth-order valence-corrected chi connectivity index (χ4v) is 13.1. The summed E-state index contributed by atoms with van der Waals surface area (Å²) in [6.07, 6.45) is 4.85. The molecule has 0 bridgehead atoms. The molecule has 0 spiro atoms. The molecule has 0 amide bonds. The number of hydrogen-bond acceptors (Lipinski definition) is 4. The quantitative estimate of drug-likeness (QED) is 0.161. The zero-order valence-corrected chi connectivity index (χ0v) is 38.0. The smallest absolute Gasteiger partial charge is 0.247 e. The van der Waals surface area contributed by atoms with Crippen LogP contribution in [0.2, 0.25) is 0 Å². The van der Waals surface area contributed by atoms with Gasteiger partial charge in [0.15, 0.2) is 0 Å². The number of rotatable bonds is 2. The number of anilines is 9. The van der Waals surface area contributed by atoms with Crippen molar-refractivity contribution in [1.82, 2.24) is 0 Å². The van der Waals surface area contributed by atoms with Crippen molar-refractivity contribution in [2.24, 2.45) is 0 Å². The molecule has 9 aromatic rings. The van der Waals surface area contributed by atoms with Crippen LogP contribution in [-0.2, 0) is 10.8 Å². The normalized spacial score (nSPS) is 18.6. The van der Waals surface area contributed by atoms with Crippen LogP contribution >= 0.6 is 0 Å². The Labute approximate surface area is 391 Å². The Hall–Kier alpha value is -7.76. The van der Waals surface area contributed by atoms with Gasteiger partial charge in [-0.3, -0.25) is 0 Å². The molecular formula is C62H46BN3O. The molecular weight excluding hydrogens is 814 g/mol. The van der Waals surface area contributed by atoms with Crippen molar-refractivity contribution in [3.63, 3.8) is 0 Å². The van der Waals surface area contributed by atoms with Crippen LogP contribution in [0.4, 0.5) is 51.2 Å². The number of nitrogens with zero attached hydrogens (tertiary/aromatic N) is 3. The van der Waals surface area contributed by atoms with E-state index < -0.39 is 0 Å². The van der Waals surface area contributed by atoms with Crippen LogP contribution in [0.15, 0.2) is 182 Å². The molecule has 2 unspecified atom stereocenters. The van der Waals surface area contributed by atoms with Crippen molar-refractivity contribution in [3.05, 3.63) is 220 Å². The number of fused-ring (bicyclic) bond motifs is 13. The maximum Gasteiger partial charge on any atom is 0.247 e. The Morgan fingerprint density at radius 2 is 1.03 bits per heavy atom. The summed E-state index contributed by atoms with van der Waals surface area (Å²) in [6, 6.07) is 68.1. The third-order valence-electron chi connectivity index (χ3n) is 16.2. The first-order valence-corrected chi connectivity index (χ1v) is 23.9. The maximum absolute atomic E-state index is 7.01. The average molecular weight is 860 g/mol. The third-order valence-corrected chi connectivity index (χ3v) is 16.2. The van der Waals surface area contributed by atoms with Gasteiger partial charge in [-0.2, -0.15) is 0 Å². The van der Waals surface area contributed by atoms with Crippen molar-refractivity contribution in [2.75, 3.05) is 14.7 Å². The Morgan fingerprint density at radius 1 is 0.433 bits per heavy atom. The molecule has 318 valence electrons. The van der Waals surface area contributed by atoms with Gasteiger partial charge in [-0.15, -0.1) is 0 Å². The first kappa shape index (κ1) is 37.5. The monoisotopic (exact) mass is 859 g/mol. The second-order valence-electron chi connectivity index (χ2n) is 20.4. The van der Waals surface area contributed by atoms with E-state index in [0.29, 0.717) is 0 Å². The van der Waals surface area contributed by atoms with E-state index in [1.54, 1.807) is 0 Å². The Bertz CT molecular complexity index is 3780. The predicted molar refractivity (Wildman–Crippen MR) is 279 cm³/mol. The van der Waals surface area contributed by atoms with Crippen molar-refractivity contribution >= 4 is 97.2 Å². The fraction of sp³-hybridized carbons (Fsp3) is 0.129. The lowest BCUT2D eigenvalue weighted by Gasteiger charge is -2.48. The van der Waals surface area contributed by atoms with E-state index in [-0.39, 0.29) is 29.6 Å². The minimum absolute atomic E-state index is 0.0754. The van der Waals surface area contributed by atoms with Crippen molar-refractivity contribution in [1.29, 1.82) is 0 Å². The van der Waals surface area contributed by atoms with Crippen LogP contribution in [0, 0.1) is 0 Å². The van der Waals surface area contributed by atoms with Gasteiger partial charge in [-0.1, -0.05) is 142 Å². The first-order chi connectivity index (χ1) is 32.7.